The smallest absolute Gasteiger partial charge is 0.306 e. The van der Waals surface area contributed by atoms with E-state index in [0.717, 1.165) is 27.7 Å². The van der Waals surface area contributed by atoms with Crippen LogP contribution < -0.4 is 9.47 Å². The highest BCUT2D eigenvalue weighted by Gasteiger charge is 2.23. The Morgan fingerprint density at radius 1 is 1.00 bits per heavy atom. The van der Waals surface area contributed by atoms with Gasteiger partial charge in [-0.15, -0.1) is 0 Å². The van der Waals surface area contributed by atoms with Gasteiger partial charge in [0.05, 0.1) is 26.2 Å². The second-order valence-electron chi connectivity index (χ2n) is 7.70. The lowest BCUT2D eigenvalue weighted by Gasteiger charge is -2.29. The summed E-state index contributed by atoms with van der Waals surface area (Å²) in [5, 5.41) is 1.06. The number of carbonyl (C=O) groups is 2. The van der Waals surface area contributed by atoms with Crippen molar-refractivity contribution in [1.29, 1.82) is 0 Å². The molecular formula is C25H26N2O5. The van der Waals surface area contributed by atoms with Gasteiger partial charge in [-0.05, 0) is 41.8 Å². The van der Waals surface area contributed by atoms with Crippen molar-refractivity contribution in [3.8, 4) is 11.5 Å². The zero-order valence-corrected chi connectivity index (χ0v) is 18.3. The molecule has 4 rings (SSSR count). The van der Waals surface area contributed by atoms with Crippen molar-refractivity contribution in [3.63, 3.8) is 0 Å². The number of ether oxygens (including phenoxy) is 3. The van der Waals surface area contributed by atoms with Gasteiger partial charge in [0.15, 0.2) is 18.1 Å². The highest BCUT2D eigenvalue weighted by atomic mass is 16.5. The quantitative estimate of drug-likeness (QED) is 0.531. The molecule has 0 saturated heterocycles. The number of nitrogens with zero attached hydrogens (tertiary/aromatic N) is 2. The minimum absolute atomic E-state index is 0.179. The first-order valence-electron chi connectivity index (χ1n) is 10.6. The molecular weight excluding hydrogens is 408 g/mol. The fourth-order valence-electron chi connectivity index (χ4n) is 3.88. The standard InChI is InChI=1S/C25H26N2O5/c1-30-22-13-18-11-12-27(15-19(18)14-23(22)31-2)24(28)16-32-25(29)10-9-20-8-7-17-5-3-4-6-21(17)26-20/h3-8,13-14H,9-12,15-16H2,1-2H3. The molecule has 0 saturated carbocycles. The van der Waals surface area contributed by atoms with E-state index in [0.29, 0.717) is 37.4 Å². The summed E-state index contributed by atoms with van der Waals surface area (Å²) in [7, 11) is 3.19. The van der Waals surface area contributed by atoms with Crippen molar-refractivity contribution in [2.45, 2.75) is 25.8 Å². The van der Waals surface area contributed by atoms with Gasteiger partial charge in [0.1, 0.15) is 0 Å². The molecule has 0 fully saturated rings. The highest BCUT2D eigenvalue weighted by Crippen LogP contribution is 2.33. The van der Waals surface area contributed by atoms with Gasteiger partial charge in [0, 0.05) is 30.6 Å². The predicted octanol–water partition coefficient (Wildman–Crippen LogP) is 3.31. The number of pyridine rings is 1. The Kier molecular flexibility index (Phi) is 6.54. The summed E-state index contributed by atoms with van der Waals surface area (Å²) in [6, 6.07) is 15.6. The zero-order valence-electron chi connectivity index (χ0n) is 18.3. The van der Waals surface area contributed by atoms with Crippen molar-refractivity contribution in [2.75, 3.05) is 27.4 Å². The first kappa shape index (κ1) is 21.6. The molecule has 0 N–H and O–H groups in total. The van der Waals surface area contributed by atoms with Gasteiger partial charge in [-0.3, -0.25) is 14.6 Å². The third kappa shape index (κ3) is 4.82. The summed E-state index contributed by atoms with van der Waals surface area (Å²) in [6.07, 6.45) is 1.36. The topological polar surface area (TPSA) is 78.0 Å². The number of esters is 1. The molecule has 1 aromatic heterocycles. The lowest BCUT2D eigenvalue weighted by atomic mass is 9.99. The molecule has 1 amide bonds. The Labute approximate surface area is 186 Å². The van der Waals surface area contributed by atoms with E-state index in [2.05, 4.69) is 4.98 Å². The van der Waals surface area contributed by atoms with Gasteiger partial charge in [-0.2, -0.15) is 0 Å². The molecule has 0 bridgehead atoms. The summed E-state index contributed by atoms with van der Waals surface area (Å²) >= 11 is 0. The van der Waals surface area contributed by atoms with Gasteiger partial charge in [-0.25, -0.2) is 0 Å². The van der Waals surface area contributed by atoms with Crippen LogP contribution in [0.1, 0.15) is 23.2 Å². The van der Waals surface area contributed by atoms with E-state index < -0.39 is 5.97 Å². The number of rotatable bonds is 7. The second kappa shape index (κ2) is 9.68. The molecule has 0 radical (unpaired) electrons. The number of aromatic nitrogens is 1. The van der Waals surface area contributed by atoms with Crippen molar-refractivity contribution >= 4 is 22.8 Å². The molecule has 0 aliphatic carbocycles. The molecule has 0 atom stereocenters. The zero-order chi connectivity index (χ0) is 22.5. The summed E-state index contributed by atoms with van der Waals surface area (Å²) < 4.78 is 15.9. The van der Waals surface area contributed by atoms with E-state index in [1.807, 2.05) is 48.5 Å². The monoisotopic (exact) mass is 434 g/mol. The van der Waals surface area contributed by atoms with Crippen LogP contribution >= 0.6 is 0 Å². The van der Waals surface area contributed by atoms with Crippen molar-refractivity contribution in [1.82, 2.24) is 9.88 Å². The lowest BCUT2D eigenvalue weighted by Crippen LogP contribution is -2.38. The van der Waals surface area contributed by atoms with Gasteiger partial charge in [0.2, 0.25) is 0 Å². The summed E-state index contributed by atoms with van der Waals surface area (Å²) in [5.41, 5.74) is 3.86. The lowest BCUT2D eigenvalue weighted by molar-refractivity contribution is -0.152. The molecule has 1 aliphatic rings. The van der Waals surface area contributed by atoms with Crippen LogP contribution in [0.2, 0.25) is 0 Å². The van der Waals surface area contributed by atoms with Crippen molar-refractivity contribution in [2.24, 2.45) is 0 Å². The van der Waals surface area contributed by atoms with Crippen LogP contribution in [0.25, 0.3) is 10.9 Å². The molecule has 0 spiro atoms. The fourth-order valence-corrected chi connectivity index (χ4v) is 3.88. The molecule has 7 nitrogen and oxygen atoms in total. The average Bonchev–Trinajstić information content (AvgIpc) is 2.84. The van der Waals surface area contributed by atoms with Crippen LogP contribution in [0, 0.1) is 0 Å². The van der Waals surface area contributed by atoms with E-state index in [9.17, 15) is 9.59 Å². The third-order valence-electron chi connectivity index (χ3n) is 5.67. The van der Waals surface area contributed by atoms with Crippen molar-refractivity contribution < 1.29 is 23.8 Å². The molecule has 3 aromatic rings. The second-order valence-corrected chi connectivity index (χ2v) is 7.70. The summed E-state index contributed by atoms with van der Waals surface area (Å²) in [4.78, 5) is 31.0. The van der Waals surface area contributed by atoms with Crippen LogP contribution in [-0.2, 0) is 33.7 Å². The van der Waals surface area contributed by atoms with Crippen LogP contribution in [0.3, 0.4) is 0 Å². The van der Waals surface area contributed by atoms with Gasteiger partial charge in [0.25, 0.3) is 5.91 Å². The van der Waals surface area contributed by atoms with Crippen LogP contribution in [0.15, 0.2) is 48.5 Å². The summed E-state index contributed by atoms with van der Waals surface area (Å²) in [6.45, 7) is 0.763. The molecule has 1 aliphatic heterocycles. The SMILES string of the molecule is COc1cc2c(cc1OC)CN(C(=O)COC(=O)CCc1ccc3ccccc3n1)CC2. The average molecular weight is 434 g/mol. The first-order valence-corrected chi connectivity index (χ1v) is 10.6. The molecule has 32 heavy (non-hydrogen) atoms. The van der Waals surface area contributed by atoms with Gasteiger partial charge < -0.3 is 19.1 Å². The molecule has 166 valence electrons. The molecule has 2 aromatic carbocycles. The maximum Gasteiger partial charge on any atom is 0.306 e. The minimum Gasteiger partial charge on any atom is -0.493 e. The number of hydrogen-bond acceptors (Lipinski definition) is 6. The van der Waals surface area contributed by atoms with E-state index >= 15 is 0 Å². The number of methoxy groups -OCH3 is 2. The number of aryl methyl sites for hydroxylation is 1. The number of carbonyl (C=O) groups excluding carboxylic acids is 2. The number of benzene rings is 2. The van der Waals surface area contributed by atoms with Crippen molar-refractivity contribution in [3.05, 3.63) is 65.4 Å². The first-order chi connectivity index (χ1) is 15.6. The van der Waals surface area contributed by atoms with E-state index in [4.69, 9.17) is 14.2 Å². The number of fused-ring (bicyclic) bond motifs is 2. The largest absolute Gasteiger partial charge is 0.493 e. The predicted molar refractivity (Wildman–Crippen MR) is 120 cm³/mol. The van der Waals surface area contributed by atoms with Crippen LogP contribution in [0.5, 0.6) is 11.5 Å². The Bertz CT molecular complexity index is 1140. The van der Waals surface area contributed by atoms with E-state index in [1.165, 1.54) is 0 Å². The van der Waals surface area contributed by atoms with Gasteiger partial charge >= 0.3 is 5.97 Å². The highest BCUT2D eigenvalue weighted by molar-refractivity contribution is 5.81. The Balaban J connectivity index is 1.28. The number of para-hydroxylation sites is 1. The maximum absolute atomic E-state index is 12.6. The normalized spacial score (nSPS) is 12.9. The van der Waals surface area contributed by atoms with E-state index in [-0.39, 0.29) is 18.9 Å². The van der Waals surface area contributed by atoms with E-state index in [1.54, 1.807) is 19.1 Å². The Hall–Kier alpha value is -3.61. The molecule has 7 heteroatoms. The Morgan fingerprint density at radius 2 is 1.75 bits per heavy atom. The summed E-state index contributed by atoms with van der Waals surface area (Å²) in [5.74, 6) is 0.704. The Morgan fingerprint density at radius 3 is 2.53 bits per heavy atom. The molecule has 2 heterocycles. The maximum atomic E-state index is 12.6. The minimum atomic E-state index is -0.405. The van der Waals surface area contributed by atoms with Crippen LogP contribution in [-0.4, -0.2) is 49.1 Å². The number of amides is 1. The fraction of sp³-hybridized carbons (Fsp3) is 0.320. The molecule has 0 unspecified atom stereocenters. The van der Waals surface area contributed by atoms with Gasteiger partial charge in [-0.1, -0.05) is 24.3 Å². The number of hydrogen-bond donors (Lipinski definition) is 0. The third-order valence-corrected chi connectivity index (χ3v) is 5.67. The van der Waals surface area contributed by atoms with Crippen LogP contribution in [0.4, 0.5) is 0 Å².